The van der Waals surface area contributed by atoms with Crippen molar-refractivity contribution in [2.45, 2.75) is 33.8 Å². The second-order valence-electron chi connectivity index (χ2n) is 6.80. The minimum absolute atomic E-state index is 0.0174. The summed E-state index contributed by atoms with van der Waals surface area (Å²) in [6, 6.07) is 5.48. The lowest BCUT2D eigenvalue weighted by molar-refractivity contribution is -0.144. The molecule has 0 saturated heterocycles. The Kier molecular flexibility index (Phi) is 7.54. The summed E-state index contributed by atoms with van der Waals surface area (Å²) in [5.74, 6) is -0.131. The Bertz CT molecular complexity index is 1050. The van der Waals surface area contributed by atoms with Crippen molar-refractivity contribution >= 4 is 51.6 Å². The molecule has 0 aliphatic heterocycles. The van der Waals surface area contributed by atoms with E-state index in [9.17, 15) is 9.59 Å². The number of aromatic nitrogens is 3. The van der Waals surface area contributed by atoms with E-state index in [0.29, 0.717) is 34.0 Å². The molecule has 0 aliphatic carbocycles. The first-order valence-electron chi connectivity index (χ1n) is 9.53. The summed E-state index contributed by atoms with van der Waals surface area (Å²) in [4.78, 5) is 38.4. The third-order valence-corrected chi connectivity index (χ3v) is 5.39. The molecule has 3 rings (SSSR count). The van der Waals surface area contributed by atoms with Gasteiger partial charge in [0.25, 0.3) is 0 Å². The van der Waals surface area contributed by atoms with Gasteiger partial charge >= 0.3 is 5.97 Å². The Labute approximate surface area is 189 Å². The normalized spacial score (nSPS) is 10.6. The molecular formula is C21H22ClN5O3S. The van der Waals surface area contributed by atoms with Crippen molar-refractivity contribution < 1.29 is 14.3 Å². The lowest BCUT2D eigenvalue weighted by Crippen LogP contribution is -2.24. The van der Waals surface area contributed by atoms with Crippen LogP contribution in [-0.2, 0) is 20.9 Å². The van der Waals surface area contributed by atoms with E-state index in [4.69, 9.17) is 16.3 Å². The minimum Gasteiger partial charge on any atom is -0.459 e. The molecule has 2 heterocycles. The number of aryl methyl sites for hydroxylation is 2. The fourth-order valence-electron chi connectivity index (χ4n) is 2.94. The maximum atomic E-state index is 12.4. The SMILES string of the molecule is CC(=O)N(c1nc(COC(=O)CCNc2ncccn2)cs1)c1c(C)cc(C)cc1Cl. The minimum atomic E-state index is -0.376. The standard InChI is InChI=1S/C21H22ClN5O3S/c1-13-9-14(2)19(17(22)10-13)27(15(3)28)21-26-16(12-31-21)11-30-18(29)5-8-25-20-23-6-4-7-24-20/h4,6-7,9-10,12H,5,8,11H2,1-3H3,(H,23,24,25). The Morgan fingerprint density at radius 2 is 1.97 bits per heavy atom. The zero-order valence-corrected chi connectivity index (χ0v) is 19.0. The van der Waals surface area contributed by atoms with Crippen molar-refractivity contribution in [1.29, 1.82) is 0 Å². The third kappa shape index (κ3) is 5.99. The molecule has 0 saturated carbocycles. The Hall–Kier alpha value is -3.04. The van der Waals surface area contributed by atoms with Gasteiger partial charge in [0.2, 0.25) is 11.9 Å². The van der Waals surface area contributed by atoms with Crippen molar-refractivity contribution in [3.05, 3.63) is 57.8 Å². The molecule has 0 unspecified atom stereocenters. The number of ether oxygens (including phenoxy) is 1. The van der Waals surface area contributed by atoms with Crippen molar-refractivity contribution in [1.82, 2.24) is 15.0 Å². The summed E-state index contributed by atoms with van der Waals surface area (Å²) < 4.78 is 5.28. The lowest BCUT2D eigenvalue weighted by Gasteiger charge is -2.22. The number of anilines is 3. The fraction of sp³-hybridized carbons (Fsp3) is 0.286. The van der Waals surface area contributed by atoms with Crippen LogP contribution in [0.2, 0.25) is 5.02 Å². The Morgan fingerprint density at radius 1 is 1.23 bits per heavy atom. The number of carbonyl (C=O) groups excluding carboxylic acids is 2. The Morgan fingerprint density at radius 3 is 2.65 bits per heavy atom. The number of nitrogens with zero attached hydrogens (tertiary/aromatic N) is 4. The molecule has 10 heteroatoms. The van der Waals surface area contributed by atoms with Crippen molar-refractivity contribution in [3.63, 3.8) is 0 Å². The molecule has 0 bridgehead atoms. The second kappa shape index (κ2) is 10.3. The maximum absolute atomic E-state index is 12.4. The zero-order valence-electron chi connectivity index (χ0n) is 17.4. The zero-order chi connectivity index (χ0) is 22.4. The van der Waals surface area contributed by atoms with Crippen LogP contribution in [0.5, 0.6) is 0 Å². The monoisotopic (exact) mass is 459 g/mol. The maximum Gasteiger partial charge on any atom is 0.307 e. The molecule has 2 aromatic heterocycles. The first-order valence-corrected chi connectivity index (χ1v) is 10.8. The number of thiazole rings is 1. The predicted octanol–water partition coefficient (Wildman–Crippen LogP) is 4.43. The molecule has 0 aliphatic rings. The highest BCUT2D eigenvalue weighted by Crippen LogP contribution is 2.37. The largest absolute Gasteiger partial charge is 0.459 e. The van der Waals surface area contributed by atoms with Crippen molar-refractivity contribution in [3.8, 4) is 0 Å². The van der Waals surface area contributed by atoms with E-state index in [1.807, 2.05) is 26.0 Å². The molecule has 31 heavy (non-hydrogen) atoms. The van der Waals surface area contributed by atoms with Gasteiger partial charge in [0.15, 0.2) is 5.13 Å². The van der Waals surface area contributed by atoms with E-state index >= 15 is 0 Å². The number of benzene rings is 1. The van der Waals surface area contributed by atoms with Gasteiger partial charge in [0.05, 0.1) is 22.8 Å². The quantitative estimate of drug-likeness (QED) is 0.497. The van der Waals surface area contributed by atoms with Gasteiger partial charge in [0, 0.05) is 31.2 Å². The first kappa shape index (κ1) is 22.6. The third-order valence-electron chi connectivity index (χ3n) is 4.23. The lowest BCUT2D eigenvalue weighted by atomic mass is 10.1. The molecule has 1 N–H and O–H groups in total. The van der Waals surface area contributed by atoms with Crippen LogP contribution in [0.25, 0.3) is 0 Å². The van der Waals surface area contributed by atoms with Gasteiger partial charge in [0.1, 0.15) is 6.61 Å². The van der Waals surface area contributed by atoms with E-state index in [1.165, 1.54) is 23.2 Å². The molecule has 0 fully saturated rings. The molecule has 0 spiro atoms. The Balaban J connectivity index is 1.61. The molecule has 162 valence electrons. The fourth-order valence-corrected chi connectivity index (χ4v) is 4.20. The highest BCUT2D eigenvalue weighted by Gasteiger charge is 2.23. The smallest absolute Gasteiger partial charge is 0.307 e. The highest BCUT2D eigenvalue weighted by molar-refractivity contribution is 7.14. The number of halogens is 1. The van der Waals surface area contributed by atoms with Gasteiger partial charge in [-0.1, -0.05) is 17.7 Å². The number of nitrogens with one attached hydrogen (secondary N) is 1. The van der Waals surface area contributed by atoms with Crippen LogP contribution in [0.1, 0.15) is 30.2 Å². The number of hydrogen-bond donors (Lipinski definition) is 1. The molecule has 1 amide bonds. The van der Waals surface area contributed by atoms with Crippen LogP contribution >= 0.6 is 22.9 Å². The number of amides is 1. The summed E-state index contributed by atoms with van der Waals surface area (Å²) in [7, 11) is 0. The van der Waals surface area contributed by atoms with E-state index in [0.717, 1.165) is 11.1 Å². The highest BCUT2D eigenvalue weighted by atomic mass is 35.5. The molecule has 0 atom stereocenters. The molecule has 8 nitrogen and oxygen atoms in total. The number of carbonyl (C=O) groups is 2. The molecule has 3 aromatic rings. The van der Waals surface area contributed by atoms with Gasteiger partial charge in [-0.15, -0.1) is 11.3 Å². The average molecular weight is 460 g/mol. The second-order valence-corrected chi connectivity index (χ2v) is 8.04. The van der Waals surface area contributed by atoms with Crippen molar-refractivity contribution in [2.24, 2.45) is 0 Å². The van der Waals surface area contributed by atoms with Crippen molar-refractivity contribution in [2.75, 3.05) is 16.8 Å². The average Bonchev–Trinajstić information content (AvgIpc) is 3.18. The van der Waals surface area contributed by atoms with E-state index in [2.05, 4.69) is 20.3 Å². The van der Waals surface area contributed by atoms with Crippen LogP contribution in [0, 0.1) is 13.8 Å². The summed E-state index contributed by atoms with van der Waals surface area (Å²) in [6.45, 7) is 5.67. The number of hydrogen-bond acceptors (Lipinski definition) is 8. The van der Waals surface area contributed by atoms with Crippen LogP contribution < -0.4 is 10.2 Å². The van der Waals surface area contributed by atoms with Gasteiger partial charge in [-0.05, 0) is 37.1 Å². The summed E-state index contributed by atoms with van der Waals surface area (Å²) in [6.07, 6.45) is 3.39. The van der Waals surface area contributed by atoms with Crippen LogP contribution in [0.3, 0.4) is 0 Å². The van der Waals surface area contributed by atoms with E-state index < -0.39 is 0 Å². The predicted molar refractivity (Wildman–Crippen MR) is 121 cm³/mol. The van der Waals surface area contributed by atoms with E-state index in [-0.39, 0.29) is 24.9 Å². The summed E-state index contributed by atoms with van der Waals surface area (Å²) >= 11 is 7.71. The van der Waals surface area contributed by atoms with Gasteiger partial charge in [-0.3, -0.25) is 14.5 Å². The molecule has 1 aromatic carbocycles. The molecular weight excluding hydrogens is 438 g/mol. The molecule has 0 radical (unpaired) electrons. The number of esters is 1. The van der Waals surface area contributed by atoms with Crippen LogP contribution in [0.4, 0.5) is 16.8 Å². The summed E-state index contributed by atoms with van der Waals surface area (Å²) in [5.41, 5.74) is 3.04. The number of rotatable bonds is 8. The van der Waals surface area contributed by atoms with Crippen LogP contribution in [0.15, 0.2) is 36.0 Å². The van der Waals surface area contributed by atoms with Gasteiger partial charge < -0.3 is 10.1 Å². The van der Waals surface area contributed by atoms with Crippen LogP contribution in [-0.4, -0.2) is 33.4 Å². The first-order chi connectivity index (χ1) is 14.8. The summed E-state index contributed by atoms with van der Waals surface area (Å²) in [5, 5.41) is 5.65. The topological polar surface area (TPSA) is 97.3 Å². The van der Waals surface area contributed by atoms with E-state index in [1.54, 1.807) is 23.8 Å². The van der Waals surface area contributed by atoms with Gasteiger partial charge in [-0.2, -0.15) is 0 Å². The van der Waals surface area contributed by atoms with Gasteiger partial charge in [-0.25, -0.2) is 15.0 Å².